The minimum Gasteiger partial charge on any atom is -0.370 e. The molecule has 1 aromatic carbocycles. The molecule has 0 saturated carbocycles. The van der Waals surface area contributed by atoms with Gasteiger partial charge in [-0.3, -0.25) is 0 Å². The van der Waals surface area contributed by atoms with Gasteiger partial charge in [0.05, 0.1) is 0 Å². The van der Waals surface area contributed by atoms with Crippen molar-refractivity contribution in [2.45, 2.75) is 38.8 Å². The Kier molecular flexibility index (Phi) is 4.73. The van der Waals surface area contributed by atoms with Gasteiger partial charge in [-0.15, -0.1) is 10.2 Å². The number of nitrogens with zero attached hydrogens (tertiary/aromatic N) is 4. The molecule has 118 valence electrons. The van der Waals surface area contributed by atoms with Gasteiger partial charge in [-0.1, -0.05) is 18.2 Å². The van der Waals surface area contributed by atoms with Gasteiger partial charge in [0.25, 0.3) is 0 Å². The van der Waals surface area contributed by atoms with Crippen LogP contribution in [0.15, 0.2) is 36.7 Å². The van der Waals surface area contributed by atoms with E-state index in [9.17, 15) is 0 Å². The van der Waals surface area contributed by atoms with Gasteiger partial charge >= 0.3 is 0 Å². The third-order valence-electron chi connectivity index (χ3n) is 4.29. The summed E-state index contributed by atoms with van der Waals surface area (Å²) in [7, 11) is 0. The van der Waals surface area contributed by atoms with Crippen LogP contribution in [0.2, 0.25) is 0 Å². The Morgan fingerprint density at radius 3 is 2.86 bits per heavy atom. The minimum absolute atomic E-state index is 0.421. The zero-order valence-corrected chi connectivity index (χ0v) is 13.4. The number of hydrogen-bond donors (Lipinski definition) is 1. The molecule has 0 bridgehead atoms. The topological polar surface area (TPSA) is 46.0 Å². The van der Waals surface area contributed by atoms with Gasteiger partial charge in [0.15, 0.2) is 0 Å². The third kappa shape index (κ3) is 3.47. The molecule has 1 fully saturated rings. The first-order valence-electron chi connectivity index (χ1n) is 8.16. The SMILES string of the molecule is CC(C)n1cnnc1CCN[C@H]1CCN(c2ccccc2)C1. The van der Waals surface area contributed by atoms with Crippen molar-refractivity contribution in [2.75, 3.05) is 24.5 Å². The van der Waals surface area contributed by atoms with Crippen molar-refractivity contribution in [3.8, 4) is 0 Å². The van der Waals surface area contributed by atoms with Crippen LogP contribution in [0.5, 0.6) is 0 Å². The van der Waals surface area contributed by atoms with Crippen LogP contribution in [-0.2, 0) is 6.42 Å². The molecule has 5 heteroatoms. The van der Waals surface area contributed by atoms with E-state index < -0.39 is 0 Å². The van der Waals surface area contributed by atoms with E-state index in [1.165, 1.54) is 12.1 Å². The number of anilines is 1. The Hall–Kier alpha value is -1.88. The van der Waals surface area contributed by atoms with Crippen LogP contribution in [0, 0.1) is 0 Å². The van der Waals surface area contributed by atoms with E-state index >= 15 is 0 Å². The number of hydrogen-bond acceptors (Lipinski definition) is 4. The molecule has 0 aliphatic carbocycles. The number of benzene rings is 1. The second-order valence-corrected chi connectivity index (χ2v) is 6.22. The van der Waals surface area contributed by atoms with Gasteiger partial charge in [-0.05, 0) is 32.4 Å². The fourth-order valence-corrected chi connectivity index (χ4v) is 3.07. The largest absolute Gasteiger partial charge is 0.370 e. The van der Waals surface area contributed by atoms with E-state index in [2.05, 4.69) is 69.2 Å². The smallest absolute Gasteiger partial charge is 0.134 e. The highest BCUT2D eigenvalue weighted by Crippen LogP contribution is 2.19. The standard InChI is InChI=1S/C17H25N5/c1-14(2)22-13-19-20-17(22)8-10-18-15-9-11-21(12-15)16-6-4-3-5-7-16/h3-7,13-15,18H,8-12H2,1-2H3/t15-/m0/s1. The molecule has 2 aromatic rings. The second-order valence-electron chi connectivity index (χ2n) is 6.22. The Morgan fingerprint density at radius 1 is 1.27 bits per heavy atom. The summed E-state index contributed by atoms with van der Waals surface area (Å²) in [6.45, 7) is 7.49. The summed E-state index contributed by atoms with van der Waals surface area (Å²) < 4.78 is 2.15. The van der Waals surface area contributed by atoms with E-state index in [4.69, 9.17) is 0 Å². The zero-order valence-electron chi connectivity index (χ0n) is 13.4. The highest BCUT2D eigenvalue weighted by atomic mass is 15.3. The maximum absolute atomic E-state index is 4.23. The number of rotatable bonds is 6. The zero-order chi connectivity index (χ0) is 15.4. The number of aromatic nitrogens is 3. The van der Waals surface area contributed by atoms with Gasteiger partial charge in [-0.25, -0.2) is 0 Å². The molecule has 0 spiro atoms. The van der Waals surface area contributed by atoms with Crippen LogP contribution in [0.4, 0.5) is 5.69 Å². The van der Waals surface area contributed by atoms with E-state index in [1.54, 1.807) is 0 Å². The van der Waals surface area contributed by atoms with Crippen molar-refractivity contribution in [1.82, 2.24) is 20.1 Å². The summed E-state index contributed by atoms with van der Waals surface area (Å²) in [4.78, 5) is 2.45. The molecule has 5 nitrogen and oxygen atoms in total. The predicted molar refractivity (Wildman–Crippen MR) is 89.2 cm³/mol. The monoisotopic (exact) mass is 299 g/mol. The molecular formula is C17H25N5. The Balaban J connectivity index is 1.46. The Labute approximate surface area is 132 Å². The van der Waals surface area contributed by atoms with Crippen molar-refractivity contribution in [2.24, 2.45) is 0 Å². The first kappa shape index (κ1) is 15.0. The summed E-state index contributed by atoms with van der Waals surface area (Å²) in [6.07, 6.45) is 3.96. The van der Waals surface area contributed by atoms with E-state index in [0.717, 1.165) is 31.9 Å². The molecule has 1 aliphatic rings. The second kappa shape index (κ2) is 6.92. The van der Waals surface area contributed by atoms with Crippen molar-refractivity contribution in [1.29, 1.82) is 0 Å². The lowest BCUT2D eigenvalue weighted by Crippen LogP contribution is -2.34. The normalized spacial score (nSPS) is 18.3. The third-order valence-corrected chi connectivity index (χ3v) is 4.29. The van der Waals surface area contributed by atoms with Crippen LogP contribution >= 0.6 is 0 Å². The Morgan fingerprint density at radius 2 is 2.09 bits per heavy atom. The fourth-order valence-electron chi connectivity index (χ4n) is 3.07. The number of nitrogens with one attached hydrogen (secondary N) is 1. The first-order valence-corrected chi connectivity index (χ1v) is 8.16. The fraction of sp³-hybridized carbons (Fsp3) is 0.529. The van der Waals surface area contributed by atoms with Crippen LogP contribution < -0.4 is 10.2 Å². The van der Waals surface area contributed by atoms with Gasteiger partial charge in [-0.2, -0.15) is 0 Å². The molecule has 0 radical (unpaired) electrons. The van der Waals surface area contributed by atoms with Crippen LogP contribution in [0.25, 0.3) is 0 Å². The summed E-state index contributed by atoms with van der Waals surface area (Å²) in [5, 5.41) is 11.9. The summed E-state index contributed by atoms with van der Waals surface area (Å²) >= 11 is 0. The molecule has 2 heterocycles. The first-order chi connectivity index (χ1) is 10.7. The molecule has 0 amide bonds. The van der Waals surface area contributed by atoms with Crippen LogP contribution in [0.1, 0.15) is 32.1 Å². The number of para-hydroxylation sites is 1. The summed E-state index contributed by atoms with van der Waals surface area (Å²) in [5.41, 5.74) is 1.33. The molecule has 1 N–H and O–H groups in total. The summed E-state index contributed by atoms with van der Waals surface area (Å²) in [6, 6.07) is 11.6. The van der Waals surface area contributed by atoms with E-state index in [1.807, 2.05) is 6.33 Å². The van der Waals surface area contributed by atoms with Crippen molar-refractivity contribution >= 4 is 5.69 Å². The molecular weight excluding hydrogens is 274 g/mol. The average Bonchev–Trinajstić information content (AvgIpc) is 3.17. The van der Waals surface area contributed by atoms with Crippen molar-refractivity contribution in [3.05, 3.63) is 42.5 Å². The molecule has 1 saturated heterocycles. The highest BCUT2D eigenvalue weighted by Gasteiger charge is 2.22. The lowest BCUT2D eigenvalue weighted by molar-refractivity contribution is 0.522. The quantitative estimate of drug-likeness (QED) is 0.889. The maximum Gasteiger partial charge on any atom is 0.134 e. The lowest BCUT2D eigenvalue weighted by Gasteiger charge is -2.19. The molecule has 0 unspecified atom stereocenters. The predicted octanol–water partition coefficient (Wildman–Crippen LogP) is 2.27. The van der Waals surface area contributed by atoms with Gasteiger partial charge in [0.1, 0.15) is 12.2 Å². The molecule has 3 rings (SSSR count). The van der Waals surface area contributed by atoms with Gasteiger partial charge in [0, 0.05) is 43.8 Å². The average molecular weight is 299 g/mol. The highest BCUT2D eigenvalue weighted by molar-refractivity contribution is 5.47. The molecule has 22 heavy (non-hydrogen) atoms. The summed E-state index contributed by atoms with van der Waals surface area (Å²) in [5.74, 6) is 1.07. The maximum atomic E-state index is 4.23. The molecule has 1 aromatic heterocycles. The van der Waals surface area contributed by atoms with Crippen molar-refractivity contribution in [3.63, 3.8) is 0 Å². The van der Waals surface area contributed by atoms with E-state index in [-0.39, 0.29) is 0 Å². The molecule has 1 atom stereocenters. The van der Waals surface area contributed by atoms with Crippen molar-refractivity contribution < 1.29 is 0 Å². The minimum atomic E-state index is 0.421. The van der Waals surface area contributed by atoms with E-state index in [0.29, 0.717) is 12.1 Å². The van der Waals surface area contributed by atoms with Crippen LogP contribution in [-0.4, -0.2) is 40.4 Å². The van der Waals surface area contributed by atoms with Gasteiger partial charge in [0.2, 0.25) is 0 Å². The van der Waals surface area contributed by atoms with Crippen LogP contribution in [0.3, 0.4) is 0 Å². The van der Waals surface area contributed by atoms with Gasteiger partial charge < -0.3 is 14.8 Å². The lowest BCUT2D eigenvalue weighted by atomic mass is 10.2. The Bertz CT molecular complexity index is 578. The molecule has 1 aliphatic heterocycles.